The zero-order valence-electron chi connectivity index (χ0n) is 11.1. The maximum atomic E-state index is 9.25. The van der Waals surface area contributed by atoms with Crippen molar-refractivity contribution in [2.75, 3.05) is 13.2 Å². The summed E-state index contributed by atoms with van der Waals surface area (Å²) in [5.74, 6) is 0.818. The Morgan fingerprint density at radius 2 is 2.12 bits per heavy atom. The number of fused-ring (bicyclic) bond motifs is 2. The average molecular weight is 241 g/mol. The highest BCUT2D eigenvalue weighted by Gasteiger charge is 2.53. The second-order valence-corrected chi connectivity index (χ2v) is 5.53. The van der Waals surface area contributed by atoms with E-state index in [2.05, 4.69) is 25.9 Å². The van der Waals surface area contributed by atoms with E-state index in [4.69, 9.17) is 9.47 Å². The Bertz CT molecular complexity index is 318. The van der Waals surface area contributed by atoms with Crippen LogP contribution in [0.2, 0.25) is 0 Å². The number of nitrogens with zero attached hydrogens (tertiary/aromatic N) is 1. The van der Waals surface area contributed by atoms with Crippen molar-refractivity contribution in [3.8, 4) is 0 Å². The molecule has 98 valence electrons. The lowest BCUT2D eigenvalue weighted by atomic mass is 9.74. The van der Waals surface area contributed by atoms with Crippen LogP contribution in [-0.2, 0) is 9.47 Å². The van der Waals surface area contributed by atoms with Crippen LogP contribution in [0.15, 0.2) is 5.16 Å². The molecule has 0 aromatic carbocycles. The molecule has 4 nitrogen and oxygen atoms in total. The summed E-state index contributed by atoms with van der Waals surface area (Å²) in [7, 11) is 0. The molecular formula is C13H23NO3. The van der Waals surface area contributed by atoms with Crippen LogP contribution < -0.4 is 0 Å². The highest BCUT2D eigenvalue weighted by molar-refractivity contribution is 5.88. The fraction of sp³-hybridized carbons (Fsp3) is 0.923. The van der Waals surface area contributed by atoms with Crippen molar-refractivity contribution in [1.82, 2.24) is 0 Å². The first-order valence-corrected chi connectivity index (χ1v) is 6.53. The van der Waals surface area contributed by atoms with Crippen LogP contribution in [0.25, 0.3) is 0 Å². The third-order valence-electron chi connectivity index (χ3n) is 4.71. The first-order valence-electron chi connectivity index (χ1n) is 6.53. The second kappa shape index (κ2) is 4.58. The van der Waals surface area contributed by atoms with Crippen molar-refractivity contribution in [3.05, 3.63) is 0 Å². The van der Waals surface area contributed by atoms with Crippen LogP contribution in [0.1, 0.15) is 34.1 Å². The maximum absolute atomic E-state index is 9.25. The molecule has 2 heterocycles. The summed E-state index contributed by atoms with van der Waals surface area (Å²) in [6.45, 7) is 9.69. The lowest BCUT2D eigenvalue weighted by Gasteiger charge is -2.39. The molecule has 0 saturated carbocycles. The Balaban J connectivity index is 2.19. The van der Waals surface area contributed by atoms with Gasteiger partial charge in [-0.3, -0.25) is 0 Å². The molecule has 2 aliphatic rings. The van der Waals surface area contributed by atoms with Crippen molar-refractivity contribution in [3.63, 3.8) is 0 Å². The summed E-state index contributed by atoms with van der Waals surface area (Å²) in [6.07, 6.45) is 0.981. The summed E-state index contributed by atoms with van der Waals surface area (Å²) in [5, 5.41) is 12.8. The smallest absolute Gasteiger partial charge is 0.168 e. The monoisotopic (exact) mass is 241 g/mol. The lowest BCUT2D eigenvalue weighted by molar-refractivity contribution is -0.228. The SMILES string of the molecule is CC[C@@H](C)C(=NO)C1CO[C@]2(C)OC[C@H]1[C@H]2C. The molecule has 17 heavy (non-hydrogen) atoms. The van der Waals surface area contributed by atoms with E-state index < -0.39 is 5.79 Å². The molecule has 5 atom stereocenters. The topological polar surface area (TPSA) is 51.1 Å². The van der Waals surface area contributed by atoms with Gasteiger partial charge in [-0.15, -0.1) is 0 Å². The Hall–Kier alpha value is -0.610. The van der Waals surface area contributed by atoms with Crippen LogP contribution in [0.4, 0.5) is 0 Å². The van der Waals surface area contributed by atoms with Crippen molar-refractivity contribution in [2.45, 2.75) is 39.9 Å². The predicted molar refractivity (Wildman–Crippen MR) is 65.1 cm³/mol. The Morgan fingerprint density at radius 1 is 1.47 bits per heavy atom. The van der Waals surface area contributed by atoms with E-state index in [9.17, 15) is 5.21 Å². The Morgan fingerprint density at radius 3 is 2.71 bits per heavy atom. The molecule has 1 unspecified atom stereocenters. The van der Waals surface area contributed by atoms with Gasteiger partial charge in [-0.2, -0.15) is 0 Å². The van der Waals surface area contributed by atoms with Gasteiger partial charge in [0, 0.05) is 17.8 Å². The Kier molecular flexibility index (Phi) is 3.46. The van der Waals surface area contributed by atoms with Crippen molar-refractivity contribution in [2.24, 2.45) is 28.8 Å². The fourth-order valence-electron chi connectivity index (χ4n) is 2.99. The molecule has 2 aliphatic heterocycles. The molecule has 4 heteroatoms. The second-order valence-electron chi connectivity index (χ2n) is 5.53. The number of hydrogen-bond acceptors (Lipinski definition) is 4. The molecule has 2 fully saturated rings. The van der Waals surface area contributed by atoms with Crippen molar-refractivity contribution < 1.29 is 14.7 Å². The van der Waals surface area contributed by atoms with E-state index in [1.54, 1.807) is 0 Å². The Labute approximate surface area is 103 Å². The molecule has 0 aliphatic carbocycles. The minimum atomic E-state index is -0.433. The van der Waals surface area contributed by atoms with Gasteiger partial charge in [0.1, 0.15) is 0 Å². The number of rotatable bonds is 3. The molecule has 0 spiro atoms. The molecule has 2 saturated heterocycles. The van der Waals surface area contributed by atoms with Gasteiger partial charge < -0.3 is 14.7 Å². The third-order valence-corrected chi connectivity index (χ3v) is 4.71. The largest absolute Gasteiger partial charge is 0.411 e. The van der Waals surface area contributed by atoms with Crippen LogP contribution in [0.5, 0.6) is 0 Å². The highest BCUT2D eigenvalue weighted by Crippen LogP contribution is 2.46. The molecule has 1 N–H and O–H groups in total. The first-order chi connectivity index (χ1) is 8.03. The molecular weight excluding hydrogens is 218 g/mol. The summed E-state index contributed by atoms with van der Waals surface area (Å²) in [5.41, 5.74) is 0.872. The van der Waals surface area contributed by atoms with Gasteiger partial charge in [0.25, 0.3) is 0 Å². The molecule has 0 aromatic heterocycles. The van der Waals surface area contributed by atoms with Crippen molar-refractivity contribution in [1.29, 1.82) is 0 Å². The van der Waals surface area contributed by atoms with Gasteiger partial charge in [0.05, 0.1) is 18.9 Å². The first kappa shape index (κ1) is 12.8. The van der Waals surface area contributed by atoms with Crippen LogP contribution in [0, 0.1) is 23.7 Å². The fourth-order valence-corrected chi connectivity index (χ4v) is 2.99. The predicted octanol–water partition coefficient (Wildman–Crippen LogP) is 2.51. The van der Waals surface area contributed by atoms with E-state index in [0.717, 1.165) is 12.1 Å². The van der Waals surface area contributed by atoms with E-state index in [-0.39, 0.29) is 5.92 Å². The van der Waals surface area contributed by atoms with Crippen LogP contribution in [0.3, 0.4) is 0 Å². The van der Waals surface area contributed by atoms with Gasteiger partial charge in [-0.25, -0.2) is 0 Å². The standard InChI is InChI=1S/C13H23NO3/c1-5-8(2)12(14-15)11-7-17-13(4)9(3)10(11)6-16-13/h8-11,15H,5-7H2,1-4H3/t8-,9-,10+,11?,13+/m1/s1. The normalized spacial score (nSPS) is 43.8. The maximum Gasteiger partial charge on any atom is 0.168 e. The van der Waals surface area contributed by atoms with Gasteiger partial charge in [-0.1, -0.05) is 25.9 Å². The summed E-state index contributed by atoms with van der Waals surface area (Å²) in [6, 6.07) is 0. The third kappa shape index (κ3) is 1.97. The summed E-state index contributed by atoms with van der Waals surface area (Å²) < 4.78 is 11.6. The van der Waals surface area contributed by atoms with E-state index in [1.807, 2.05) is 6.92 Å². The number of ether oxygens (including phenoxy) is 2. The average Bonchev–Trinajstić information content (AvgIpc) is 2.51. The minimum Gasteiger partial charge on any atom is -0.411 e. The number of oxime groups is 1. The quantitative estimate of drug-likeness (QED) is 0.469. The van der Waals surface area contributed by atoms with E-state index in [1.165, 1.54) is 0 Å². The lowest BCUT2D eigenvalue weighted by Crippen LogP contribution is -2.46. The molecule has 2 bridgehead atoms. The van der Waals surface area contributed by atoms with Crippen LogP contribution >= 0.6 is 0 Å². The summed E-state index contributed by atoms with van der Waals surface area (Å²) in [4.78, 5) is 0. The van der Waals surface area contributed by atoms with Gasteiger partial charge in [0.15, 0.2) is 5.79 Å². The van der Waals surface area contributed by atoms with Gasteiger partial charge >= 0.3 is 0 Å². The summed E-state index contributed by atoms with van der Waals surface area (Å²) >= 11 is 0. The van der Waals surface area contributed by atoms with Crippen LogP contribution in [-0.4, -0.2) is 29.9 Å². The molecule has 2 rings (SSSR count). The van der Waals surface area contributed by atoms with Gasteiger partial charge in [-0.05, 0) is 19.3 Å². The van der Waals surface area contributed by atoms with E-state index in [0.29, 0.717) is 31.0 Å². The van der Waals surface area contributed by atoms with Gasteiger partial charge in [0.2, 0.25) is 0 Å². The molecule has 0 amide bonds. The minimum absolute atomic E-state index is 0.195. The molecule has 0 aromatic rings. The number of hydrogen-bond donors (Lipinski definition) is 1. The zero-order valence-corrected chi connectivity index (χ0v) is 11.1. The van der Waals surface area contributed by atoms with E-state index >= 15 is 0 Å². The van der Waals surface area contributed by atoms with Crippen molar-refractivity contribution >= 4 is 5.71 Å². The molecule has 0 radical (unpaired) electrons. The highest BCUT2D eigenvalue weighted by atomic mass is 16.7. The zero-order chi connectivity index (χ0) is 12.6.